The van der Waals surface area contributed by atoms with E-state index in [1.54, 1.807) is 13.2 Å². The van der Waals surface area contributed by atoms with Gasteiger partial charge in [-0.2, -0.15) is 5.10 Å². The first kappa shape index (κ1) is 20.2. The number of nitrogen functional groups attached to an aromatic ring is 1. The minimum absolute atomic E-state index is 0.244. The number of likely N-dealkylation sites (tertiary alicyclic amines) is 1. The summed E-state index contributed by atoms with van der Waals surface area (Å²) in [7, 11) is 3.72. The number of hydrogen-bond donors (Lipinski definition) is 2. The normalized spacial score (nSPS) is 15.3. The number of fused-ring (bicyclic) bond motifs is 1. The van der Waals surface area contributed by atoms with Gasteiger partial charge in [-0.3, -0.25) is 9.48 Å². The second-order valence-corrected chi connectivity index (χ2v) is 8.13. The first-order valence-electron chi connectivity index (χ1n) is 10.6. The van der Waals surface area contributed by atoms with Crippen molar-refractivity contribution in [1.82, 2.24) is 30.0 Å². The summed E-state index contributed by atoms with van der Waals surface area (Å²) in [5, 5.41) is 7.34. The molecule has 0 atom stereocenters. The molecule has 1 aliphatic heterocycles. The molecule has 0 spiro atoms. The first-order chi connectivity index (χ1) is 15.5. The van der Waals surface area contributed by atoms with Gasteiger partial charge < -0.3 is 20.4 Å². The lowest BCUT2D eigenvalue weighted by Crippen LogP contribution is -2.31. The molecule has 3 N–H and O–H groups in total. The Labute approximate surface area is 185 Å². The summed E-state index contributed by atoms with van der Waals surface area (Å²) in [5.74, 6) is 0.457. The molecule has 4 heterocycles. The van der Waals surface area contributed by atoms with Gasteiger partial charge in [0.1, 0.15) is 11.3 Å². The zero-order valence-electron chi connectivity index (χ0n) is 18.1. The molecule has 4 aromatic rings. The molecule has 1 aromatic carbocycles. The lowest BCUT2D eigenvalue weighted by molar-refractivity contribution is 0.0957. The molecular weight excluding hydrogens is 406 g/mol. The number of pyridine rings is 1. The van der Waals surface area contributed by atoms with Crippen LogP contribution >= 0.6 is 0 Å². The van der Waals surface area contributed by atoms with Crippen LogP contribution in [0.1, 0.15) is 29.4 Å². The number of aromatic nitrogens is 4. The van der Waals surface area contributed by atoms with Crippen LogP contribution in [0.2, 0.25) is 0 Å². The highest BCUT2D eigenvalue weighted by Gasteiger charge is 2.24. The largest absolute Gasteiger partial charge is 0.436 e. The molecule has 5 rings (SSSR count). The quantitative estimate of drug-likeness (QED) is 0.510. The zero-order chi connectivity index (χ0) is 22.2. The predicted molar refractivity (Wildman–Crippen MR) is 122 cm³/mol. The van der Waals surface area contributed by atoms with E-state index in [-0.39, 0.29) is 11.9 Å². The Morgan fingerprint density at radius 1 is 1.22 bits per heavy atom. The number of piperidine rings is 1. The van der Waals surface area contributed by atoms with E-state index >= 15 is 0 Å². The number of hydrogen-bond acceptors (Lipinski definition) is 7. The number of nitrogens with one attached hydrogen (secondary N) is 1. The molecule has 0 unspecified atom stereocenters. The summed E-state index contributed by atoms with van der Waals surface area (Å²) >= 11 is 0. The highest BCUT2D eigenvalue weighted by Crippen LogP contribution is 2.33. The van der Waals surface area contributed by atoms with Crippen molar-refractivity contribution in [3.05, 3.63) is 48.4 Å². The smallest absolute Gasteiger partial charge is 0.272 e. The molecule has 1 aliphatic rings. The molecule has 9 nitrogen and oxygen atoms in total. The van der Waals surface area contributed by atoms with E-state index in [1.807, 2.05) is 41.2 Å². The van der Waals surface area contributed by atoms with Crippen LogP contribution in [-0.2, 0) is 0 Å². The number of para-hydroxylation sites is 2. The Bertz CT molecular complexity index is 1250. The van der Waals surface area contributed by atoms with E-state index in [4.69, 9.17) is 10.2 Å². The van der Waals surface area contributed by atoms with Crippen LogP contribution in [0.15, 0.2) is 47.1 Å². The number of amides is 1. The SMILES string of the molecule is CNC(=O)c1nn(C2CCN(C)CC2)cc1-c1cnc(N)c(-c2nc3ccccc3o2)c1. The van der Waals surface area contributed by atoms with Gasteiger partial charge in [-0.1, -0.05) is 12.1 Å². The third kappa shape index (κ3) is 3.60. The lowest BCUT2D eigenvalue weighted by atomic mass is 10.0. The van der Waals surface area contributed by atoms with Crippen LogP contribution in [0.4, 0.5) is 5.82 Å². The number of oxazole rings is 1. The standard InChI is InChI=1S/C23H25N7O2/c1-25-22(31)20-17(13-30(28-20)15-7-9-29(2)10-8-15)14-11-16(21(24)26-12-14)23-27-18-5-3-4-6-19(18)32-23/h3-6,11-13,15H,7-10H2,1-2H3,(H2,24,26)(H,25,31). The molecule has 1 amide bonds. The van der Waals surface area contributed by atoms with E-state index in [1.165, 1.54) is 0 Å². The van der Waals surface area contributed by atoms with Crippen LogP contribution in [0, 0.1) is 0 Å². The second-order valence-electron chi connectivity index (χ2n) is 8.13. The summed E-state index contributed by atoms with van der Waals surface area (Å²) in [5.41, 5.74) is 9.96. The Balaban J connectivity index is 1.58. The van der Waals surface area contributed by atoms with Crippen molar-refractivity contribution in [2.45, 2.75) is 18.9 Å². The third-order valence-electron chi connectivity index (χ3n) is 5.99. The molecule has 0 bridgehead atoms. The van der Waals surface area contributed by atoms with Crippen molar-refractivity contribution in [2.75, 3.05) is 32.9 Å². The van der Waals surface area contributed by atoms with Gasteiger partial charge in [-0.25, -0.2) is 9.97 Å². The van der Waals surface area contributed by atoms with E-state index in [9.17, 15) is 4.79 Å². The molecule has 1 saturated heterocycles. The van der Waals surface area contributed by atoms with Crippen LogP contribution in [0.25, 0.3) is 33.7 Å². The molecule has 0 aliphatic carbocycles. The maximum atomic E-state index is 12.6. The maximum Gasteiger partial charge on any atom is 0.272 e. The Morgan fingerprint density at radius 2 is 2.00 bits per heavy atom. The van der Waals surface area contributed by atoms with Crippen molar-refractivity contribution in [3.63, 3.8) is 0 Å². The van der Waals surface area contributed by atoms with Crippen molar-refractivity contribution >= 4 is 22.8 Å². The fourth-order valence-electron chi connectivity index (χ4n) is 4.12. The van der Waals surface area contributed by atoms with Crippen LogP contribution in [0.5, 0.6) is 0 Å². The number of nitrogens with zero attached hydrogens (tertiary/aromatic N) is 5. The van der Waals surface area contributed by atoms with Gasteiger partial charge >= 0.3 is 0 Å². The van der Waals surface area contributed by atoms with Crippen LogP contribution in [0.3, 0.4) is 0 Å². The molecule has 9 heteroatoms. The Kier molecular flexibility index (Phi) is 5.10. The van der Waals surface area contributed by atoms with Crippen molar-refractivity contribution in [1.29, 1.82) is 0 Å². The number of nitrogens with two attached hydrogens (primary N) is 1. The Morgan fingerprint density at radius 3 is 2.75 bits per heavy atom. The third-order valence-corrected chi connectivity index (χ3v) is 5.99. The topological polar surface area (TPSA) is 115 Å². The minimum atomic E-state index is -0.244. The number of carbonyl (C=O) groups is 1. The summed E-state index contributed by atoms with van der Waals surface area (Å²) in [6, 6.07) is 9.64. The fourth-order valence-corrected chi connectivity index (χ4v) is 4.12. The van der Waals surface area contributed by atoms with Crippen molar-refractivity contribution in [2.24, 2.45) is 0 Å². The number of carbonyl (C=O) groups excluding carboxylic acids is 1. The molecule has 1 fully saturated rings. The summed E-state index contributed by atoms with van der Waals surface area (Å²) in [6.07, 6.45) is 5.56. The molecular formula is C23H25N7O2. The van der Waals surface area contributed by atoms with Gasteiger partial charge in [-0.05, 0) is 51.2 Å². The van der Waals surface area contributed by atoms with Crippen molar-refractivity contribution in [3.8, 4) is 22.6 Å². The van der Waals surface area contributed by atoms with E-state index in [2.05, 4.69) is 32.3 Å². The minimum Gasteiger partial charge on any atom is -0.436 e. The molecule has 32 heavy (non-hydrogen) atoms. The summed E-state index contributed by atoms with van der Waals surface area (Å²) in [6.45, 7) is 2.00. The van der Waals surface area contributed by atoms with Crippen LogP contribution in [-0.4, -0.2) is 57.7 Å². The predicted octanol–water partition coefficient (Wildman–Crippen LogP) is 2.96. The maximum absolute atomic E-state index is 12.6. The highest BCUT2D eigenvalue weighted by molar-refractivity contribution is 5.99. The van der Waals surface area contributed by atoms with Gasteiger partial charge in [0.2, 0.25) is 5.89 Å². The average Bonchev–Trinajstić information content (AvgIpc) is 3.44. The van der Waals surface area contributed by atoms with Gasteiger partial charge in [0.25, 0.3) is 5.91 Å². The van der Waals surface area contributed by atoms with E-state index < -0.39 is 0 Å². The molecule has 0 radical (unpaired) electrons. The monoisotopic (exact) mass is 431 g/mol. The average molecular weight is 432 g/mol. The van der Waals surface area contributed by atoms with Crippen LogP contribution < -0.4 is 11.1 Å². The zero-order valence-corrected chi connectivity index (χ0v) is 18.1. The Hall–Kier alpha value is -3.72. The fraction of sp³-hybridized carbons (Fsp3) is 0.304. The second kappa shape index (κ2) is 8.08. The number of rotatable bonds is 4. The summed E-state index contributed by atoms with van der Waals surface area (Å²) in [4.78, 5) is 23.8. The van der Waals surface area contributed by atoms with Crippen molar-refractivity contribution < 1.29 is 9.21 Å². The van der Waals surface area contributed by atoms with E-state index in [0.717, 1.165) is 37.0 Å². The highest BCUT2D eigenvalue weighted by atomic mass is 16.3. The number of anilines is 1. The van der Waals surface area contributed by atoms with E-state index in [0.29, 0.717) is 34.1 Å². The van der Waals surface area contributed by atoms with Gasteiger partial charge in [-0.15, -0.1) is 0 Å². The molecule has 0 saturated carbocycles. The lowest BCUT2D eigenvalue weighted by Gasteiger charge is -2.29. The molecule has 3 aromatic heterocycles. The summed E-state index contributed by atoms with van der Waals surface area (Å²) < 4.78 is 7.82. The number of benzene rings is 1. The van der Waals surface area contributed by atoms with Gasteiger partial charge in [0, 0.05) is 30.6 Å². The van der Waals surface area contributed by atoms with Gasteiger partial charge in [0.05, 0.1) is 11.6 Å². The van der Waals surface area contributed by atoms with Gasteiger partial charge in [0.15, 0.2) is 11.3 Å². The first-order valence-corrected chi connectivity index (χ1v) is 10.6. The molecule has 164 valence electrons.